The Kier molecular flexibility index (Phi) is 5.63. The van der Waals surface area contributed by atoms with Crippen molar-refractivity contribution in [2.75, 3.05) is 19.7 Å². The fraction of sp³-hybridized carbons (Fsp3) is 0.375. The molecule has 124 valence electrons. The summed E-state index contributed by atoms with van der Waals surface area (Å²) in [5.74, 6) is 0.432. The highest BCUT2D eigenvalue weighted by Crippen LogP contribution is 2.20. The molecule has 1 atom stereocenters. The van der Waals surface area contributed by atoms with Crippen LogP contribution >= 0.6 is 12.4 Å². The van der Waals surface area contributed by atoms with Crippen LogP contribution in [0.2, 0.25) is 0 Å². The molecule has 0 aliphatic carbocycles. The molecule has 2 aromatic rings. The Balaban J connectivity index is 0.00000192. The highest BCUT2D eigenvalue weighted by molar-refractivity contribution is 5.85. The number of hydrogen-bond donors (Lipinski definition) is 1. The molecule has 1 aromatic carbocycles. The number of carbonyl (C=O) groups excluding carboxylic acids is 1. The number of halogens is 1. The SMILES string of the molecule is Cl.NCC1CCCN1C(=O)COc1ccc2ccc(=O)oc2c1. The molecule has 1 unspecified atom stereocenters. The van der Waals surface area contributed by atoms with Gasteiger partial charge in [0.05, 0.1) is 0 Å². The highest BCUT2D eigenvalue weighted by atomic mass is 35.5. The average Bonchev–Trinajstić information content (AvgIpc) is 3.00. The number of ether oxygens (including phenoxy) is 1. The van der Waals surface area contributed by atoms with Gasteiger partial charge in [0.25, 0.3) is 5.91 Å². The van der Waals surface area contributed by atoms with Gasteiger partial charge in [0.2, 0.25) is 0 Å². The largest absolute Gasteiger partial charge is 0.484 e. The molecule has 1 saturated heterocycles. The molecule has 1 amide bonds. The van der Waals surface area contributed by atoms with Crippen LogP contribution in [0.25, 0.3) is 11.0 Å². The Hall–Kier alpha value is -2.05. The van der Waals surface area contributed by atoms with Crippen molar-refractivity contribution in [3.05, 3.63) is 40.8 Å². The first kappa shape index (κ1) is 17.3. The number of rotatable bonds is 4. The quantitative estimate of drug-likeness (QED) is 0.855. The van der Waals surface area contributed by atoms with E-state index in [1.165, 1.54) is 6.07 Å². The summed E-state index contributed by atoms with van der Waals surface area (Å²) in [5.41, 5.74) is 5.70. The van der Waals surface area contributed by atoms with Crippen molar-refractivity contribution < 1.29 is 13.9 Å². The average molecular weight is 339 g/mol. The highest BCUT2D eigenvalue weighted by Gasteiger charge is 2.27. The van der Waals surface area contributed by atoms with E-state index in [4.69, 9.17) is 14.9 Å². The maximum atomic E-state index is 12.2. The van der Waals surface area contributed by atoms with E-state index in [1.54, 1.807) is 29.2 Å². The van der Waals surface area contributed by atoms with E-state index in [9.17, 15) is 9.59 Å². The van der Waals surface area contributed by atoms with Crippen LogP contribution in [0.4, 0.5) is 0 Å². The first-order valence-corrected chi connectivity index (χ1v) is 7.33. The maximum Gasteiger partial charge on any atom is 0.336 e. The van der Waals surface area contributed by atoms with E-state index in [-0.39, 0.29) is 31.0 Å². The molecule has 1 aromatic heterocycles. The number of likely N-dealkylation sites (tertiary alicyclic amines) is 1. The summed E-state index contributed by atoms with van der Waals surface area (Å²) in [5, 5.41) is 0.806. The molecule has 1 aliphatic rings. The zero-order valence-electron chi connectivity index (χ0n) is 12.6. The van der Waals surface area contributed by atoms with Crippen LogP contribution in [-0.2, 0) is 4.79 Å². The van der Waals surface area contributed by atoms with Gasteiger partial charge in [0, 0.05) is 36.7 Å². The third-order valence-electron chi connectivity index (χ3n) is 3.93. The van der Waals surface area contributed by atoms with Gasteiger partial charge >= 0.3 is 5.63 Å². The van der Waals surface area contributed by atoms with Crippen LogP contribution in [0.15, 0.2) is 39.5 Å². The molecule has 0 bridgehead atoms. The molecular formula is C16H19ClN2O4. The Bertz CT molecular complexity index is 746. The van der Waals surface area contributed by atoms with Crippen LogP contribution in [0.5, 0.6) is 5.75 Å². The lowest BCUT2D eigenvalue weighted by atomic mass is 10.2. The Morgan fingerprint density at radius 2 is 2.13 bits per heavy atom. The molecule has 2 N–H and O–H groups in total. The monoisotopic (exact) mass is 338 g/mol. The van der Waals surface area contributed by atoms with E-state index in [1.807, 2.05) is 0 Å². The van der Waals surface area contributed by atoms with Gasteiger partial charge in [-0.25, -0.2) is 4.79 Å². The van der Waals surface area contributed by atoms with Gasteiger partial charge in [-0.3, -0.25) is 4.79 Å². The summed E-state index contributed by atoms with van der Waals surface area (Å²) in [6, 6.07) is 8.33. The lowest BCUT2D eigenvalue weighted by Gasteiger charge is -2.23. The maximum absolute atomic E-state index is 12.2. The number of hydrogen-bond acceptors (Lipinski definition) is 5. The van der Waals surface area contributed by atoms with E-state index in [0.717, 1.165) is 24.8 Å². The number of nitrogens with two attached hydrogens (primary N) is 1. The zero-order chi connectivity index (χ0) is 15.5. The molecule has 1 aliphatic heterocycles. The normalized spacial score (nSPS) is 17.1. The van der Waals surface area contributed by atoms with Crippen molar-refractivity contribution in [3.63, 3.8) is 0 Å². The van der Waals surface area contributed by atoms with Gasteiger partial charge in [-0.05, 0) is 31.0 Å². The zero-order valence-corrected chi connectivity index (χ0v) is 13.4. The first-order chi connectivity index (χ1) is 10.7. The Labute approximate surface area is 139 Å². The molecule has 6 nitrogen and oxygen atoms in total. The summed E-state index contributed by atoms with van der Waals surface area (Å²) < 4.78 is 10.6. The lowest BCUT2D eigenvalue weighted by molar-refractivity contribution is -0.134. The standard InChI is InChI=1S/C16H18N2O4.ClH/c17-9-12-2-1-7-18(12)15(19)10-21-13-5-3-11-4-6-16(20)22-14(11)8-13;/h3-6,8,12H,1-2,7,9-10,17H2;1H. The third-order valence-corrected chi connectivity index (χ3v) is 3.93. The van der Waals surface area contributed by atoms with Crippen molar-refractivity contribution in [1.82, 2.24) is 4.90 Å². The molecule has 1 fully saturated rings. The van der Waals surface area contributed by atoms with Crippen LogP contribution in [0.1, 0.15) is 12.8 Å². The van der Waals surface area contributed by atoms with Gasteiger partial charge in [0.1, 0.15) is 11.3 Å². The van der Waals surface area contributed by atoms with Crippen LogP contribution in [-0.4, -0.2) is 36.5 Å². The topological polar surface area (TPSA) is 85.8 Å². The fourth-order valence-electron chi connectivity index (χ4n) is 2.77. The van der Waals surface area contributed by atoms with Crippen molar-refractivity contribution in [2.24, 2.45) is 5.73 Å². The predicted molar refractivity (Wildman–Crippen MR) is 89.0 cm³/mol. The van der Waals surface area contributed by atoms with E-state index < -0.39 is 5.63 Å². The summed E-state index contributed by atoms with van der Waals surface area (Å²) in [4.78, 5) is 25.2. The minimum atomic E-state index is -0.413. The van der Waals surface area contributed by atoms with E-state index in [0.29, 0.717) is 17.9 Å². The summed E-state index contributed by atoms with van der Waals surface area (Å²) in [6.07, 6.45) is 1.93. The molecule has 2 heterocycles. The number of amides is 1. The van der Waals surface area contributed by atoms with Crippen LogP contribution < -0.4 is 16.1 Å². The Morgan fingerprint density at radius 1 is 1.35 bits per heavy atom. The van der Waals surface area contributed by atoms with Gasteiger partial charge in [0.15, 0.2) is 6.61 Å². The third kappa shape index (κ3) is 3.83. The summed E-state index contributed by atoms with van der Waals surface area (Å²) in [6.45, 7) is 1.17. The van der Waals surface area contributed by atoms with Gasteiger partial charge in [-0.2, -0.15) is 0 Å². The Morgan fingerprint density at radius 3 is 2.91 bits per heavy atom. The van der Waals surface area contributed by atoms with Crippen molar-refractivity contribution in [3.8, 4) is 5.75 Å². The smallest absolute Gasteiger partial charge is 0.336 e. The van der Waals surface area contributed by atoms with Crippen molar-refractivity contribution >= 4 is 29.3 Å². The predicted octanol–water partition coefficient (Wildman–Crippen LogP) is 1.54. The molecule has 3 rings (SSSR count). The molecule has 7 heteroatoms. The van der Waals surface area contributed by atoms with Crippen molar-refractivity contribution in [2.45, 2.75) is 18.9 Å². The van der Waals surface area contributed by atoms with Gasteiger partial charge < -0.3 is 19.8 Å². The first-order valence-electron chi connectivity index (χ1n) is 7.33. The lowest BCUT2D eigenvalue weighted by Crippen LogP contribution is -2.42. The second-order valence-electron chi connectivity index (χ2n) is 5.36. The van der Waals surface area contributed by atoms with Crippen LogP contribution in [0.3, 0.4) is 0 Å². The minimum absolute atomic E-state index is 0. The van der Waals surface area contributed by atoms with E-state index >= 15 is 0 Å². The number of carbonyl (C=O) groups is 1. The van der Waals surface area contributed by atoms with Gasteiger partial charge in [-0.15, -0.1) is 12.4 Å². The number of nitrogens with zero attached hydrogens (tertiary/aromatic N) is 1. The molecular weight excluding hydrogens is 320 g/mol. The molecule has 0 radical (unpaired) electrons. The van der Waals surface area contributed by atoms with Crippen LogP contribution in [0, 0.1) is 0 Å². The fourth-order valence-corrected chi connectivity index (χ4v) is 2.77. The molecule has 23 heavy (non-hydrogen) atoms. The number of benzene rings is 1. The summed E-state index contributed by atoms with van der Waals surface area (Å²) in [7, 11) is 0. The van der Waals surface area contributed by atoms with E-state index in [2.05, 4.69) is 0 Å². The second-order valence-corrected chi connectivity index (χ2v) is 5.36. The van der Waals surface area contributed by atoms with Crippen molar-refractivity contribution in [1.29, 1.82) is 0 Å². The van der Waals surface area contributed by atoms with Gasteiger partial charge in [-0.1, -0.05) is 0 Å². The summed E-state index contributed by atoms with van der Waals surface area (Å²) >= 11 is 0. The minimum Gasteiger partial charge on any atom is -0.484 e. The number of fused-ring (bicyclic) bond motifs is 1. The second kappa shape index (κ2) is 7.48. The molecule has 0 saturated carbocycles. The molecule has 0 spiro atoms.